The number of amides is 2. The van der Waals surface area contributed by atoms with Crippen molar-refractivity contribution in [2.24, 2.45) is 5.92 Å². The van der Waals surface area contributed by atoms with Crippen molar-refractivity contribution in [2.75, 3.05) is 11.4 Å². The quantitative estimate of drug-likeness (QED) is 0.698. The van der Waals surface area contributed by atoms with Gasteiger partial charge >= 0.3 is 0 Å². The van der Waals surface area contributed by atoms with E-state index in [0.29, 0.717) is 17.3 Å². The van der Waals surface area contributed by atoms with Crippen LogP contribution >= 0.6 is 11.6 Å². The molecule has 0 radical (unpaired) electrons. The molecule has 1 N–H and O–H groups in total. The Labute approximate surface area is 174 Å². The summed E-state index contributed by atoms with van der Waals surface area (Å²) in [5, 5.41) is 3.58. The lowest BCUT2D eigenvalue weighted by atomic mass is 10.0. The normalized spacial score (nSPS) is 17.2. The van der Waals surface area contributed by atoms with Gasteiger partial charge in [0.25, 0.3) is 0 Å². The fraction of sp³-hybridized carbons (Fsp3) is 0.174. The number of nitrogens with zero attached hydrogens (tertiary/aromatic N) is 2. The van der Waals surface area contributed by atoms with Crippen molar-refractivity contribution in [1.82, 2.24) is 10.3 Å². The van der Waals surface area contributed by atoms with Crippen molar-refractivity contribution in [3.8, 4) is 0 Å². The fourth-order valence-electron chi connectivity index (χ4n) is 3.57. The highest BCUT2D eigenvalue weighted by atomic mass is 35.5. The maximum Gasteiger partial charge on any atom is 0.227 e. The lowest BCUT2D eigenvalue weighted by Crippen LogP contribution is -2.36. The average Bonchev–Trinajstić information content (AvgIpc) is 3.15. The van der Waals surface area contributed by atoms with Crippen LogP contribution in [0.4, 0.5) is 5.69 Å². The van der Waals surface area contributed by atoms with E-state index in [1.165, 1.54) is 0 Å². The molecule has 3 aromatic rings. The fourth-order valence-corrected chi connectivity index (χ4v) is 3.80. The number of hydrogen-bond donors (Lipinski definition) is 1. The van der Waals surface area contributed by atoms with Crippen molar-refractivity contribution < 1.29 is 9.59 Å². The molecule has 1 aliphatic rings. The van der Waals surface area contributed by atoms with Gasteiger partial charge in [-0.3, -0.25) is 14.6 Å². The van der Waals surface area contributed by atoms with E-state index in [9.17, 15) is 9.59 Å². The van der Waals surface area contributed by atoms with Gasteiger partial charge in [0.05, 0.1) is 28.4 Å². The number of nitrogens with one attached hydrogen (secondary N) is 1. The molecule has 1 saturated heterocycles. The molecule has 146 valence electrons. The third-order valence-electron chi connectivity index (χ3n) is 5.04. The van der Waals surface area contributed by atoms with Gasteiger partial charge in [0, 0.05) is 19.2 Å². The van der Waals surface area contributed by atoms with E-state index >= 15 is 0 Å². The van der Waals surface area contributed by atoms with Crippen molar-refractivity contribution in [2.45, 2.75) is 12.5 Å². The number of carbonyl (C=O) groups excluding carboxylic acids is 2. The number of rotatable bonds is 5. The van der Waals surface area contributed by atoms with Crippen LogP contribution < -0.4 is 10.2 Å². The summed E-state index contributed by atoms with van der Waals surface area (Å²) in [5.41, 5.74) is 2.32. The van der Waals surface area contributed by atoms with Gasteiger partial charge in [-0.25, -0.2) is 0 Å². The number of hydrogen-bond acceptors (Lipinski definition) is 3. The minimum Gasteiger partial charge on any atom is -0.343 e. The largest absolute Gasteiger partial charge is 0.343 e. The predicted octanol–water partition coefficient (Wildman–Crippen LogP) is 3.99. The SMILES string of the molecule is O=C(N[C@H](c1ccccc1)c1ccccn1)[C@H]1CC(=O)N(c2ccccc2Cl)C1. The highest BCUT2D eigenvalue weighted by molar-refractivity contribution is 6.33. The van der Waals surface area contributed by atoms with Crippen molar-refractivity contribution in [1.29, 1.82) is 0 Å². The molecule has 0 bridgehead atoms. The molecule has 1 aliphatic heterocycles. The molecule has 1 aromatic heterocycles. The van der Waals surface area contributed by atoms with Gasteiger partial charge in [0.1, 0.15) is 0 Å². The van der Waals surface area contributed by atoms with Gasteiger partial charge < -0.3 is 10.2 Å². The first-order chi connectivity index (χ1) is 14.1. The summed E-state index contributed by atoms with van der Waals surface area (Å²) in [5.74, 6) is -0.728. The summed E-state index contributed by atoms with van der Waals surface area (Å²) in [6, 6.07) is 22.1. The molecule has 6 heteroatoms. The highest BCUT2D eigenvalue weighted by Gasteiger charge is 2.36. The topological polar surface area (TPSA) is 62.3 Å². The molecule has 5 nitrogen and oxygen atoms in total. The summed E-state index contributed by atoms with van der Waals surface area (Å²) in [4.78, 5) is 31.6. The van der Waals surface area contributed by atoms with Crippen LogP contribution in [0.1, 0.15) is 23.7 Å². The molecule has 2 aromatic carbocycles. The van der Waals surface area contributed by atoms with Gasteiger partial charge in [-0.1, -0.05) is 60.1 Å². The summed E-state index contributed by atoms with van der Waals surface area (Å²) >= 11 is 6.24. The van der Waals surface area contributed by atoms with Crippen LogP contribution in [0.15, 0.2) is 79.0 Å². The minimum absolute atomic E-state index is 0.104. The van der Waals surface area contributed by atoms with Crippen LogP contribution in [0.3, 0.4) is 0 Å². The number of anilines is 1. The molecule has 0 saturated carbocycles. The summed E-state index contributed by atoms with van der Waals surface area (Å²) in [7, 11) is 0. The number of para-hydroxylation sites is 1. The zero-order valence-electron chi connectivity index (χ0n) is 15.7. The molecule has 0 unspecified atom stereocenters. The Kier molecular flexibility index (Phi) is 5.58. The molecule has 29 heavy (non-hydrogen) atoms. The Morgan fingerprint density at radius 3 is 2.48 bits per heavy atom. The average molecular weight is 406 g/mol. The zero-order chi connectivity index (χ0) is 20.2. The van der Waals surface area contributed by atoms with Crippen molar-refractivity contribution in [3.63, 3.8) is 0 Å². The second kappa shape index (κ2) is 8.45. The summed E-state index contributed by atoms with van der Waals surface area (Å²) < 4.78 is 0. The van der Waals surface area contributed by atoms with Crippen LogP contribution in [-0.2, 0) is 9.59 Å². The van der Waals surface area contributed by atoms with Gasteiger partial charge in [-0.2, -0.15) is 0 Å². The minimum atomic E-state index is -0.450. The molecule has 2 heterocycles. The van der Waals surface area contributed by atoms with Gasteiger partial charge in [-0.05, 0) is 29.8 Å². The lowest BCUT2D eigenvalue weighted by Gasteiger charge is -2.21. The zero-order valence-corrected chi connectivity index (χ0v) is 16.4. The maximum absolute atomic E-state index is 13.1. The van der Waals surface area contributed by atoms with Gasteiger partial charge in [0.15, 0.2) is 0 Å². The Morgan fingerprint density at radius 1 is 1.03 bits per heavy atom. The smallest absolute Gasteiger partial charge is 0.227 e. The molecule has 0 aliphatic carbocycles. The summed E-state index contributed by atoms with van der Waals surface area (Å²) in [6.45, 7) is 0.304. The number of halogens is 1. The van der Waals surface area contributed by atoms with E-state index in [1.54, 1.807) is 23.2 Å². The number of benzene rings is 2. The molecule has 0 spiro atoms. The van der Waals surface area contributed by atoms with E-state index in [-0.39, 0.29) is 24.3 Å². The molecule has 1 fully saturated rings. The van der Waals surface area contributed by atoms with E-state index in [0.717, 1.165) is 11.3 Å². The van der Waals surface area contributed by atoms with Crippen LogP contribution in [0.25, 0.3) is 0 Å². The molecule has 4 rings (SSSR count). The Hall–Kier alpha value is -3.18. The van der Waals surface area contributed by atoms with E-state index in [2.05, 4.69) is 10.3 Å². The monoisotopic (exact) mass is 405 g/mol. The number of aromatic nitrogens is 1. The van der Waals surface area contributed by atoms with E-state index in [4.69, 9.17) is 11.6 Å². The molecule has 2 atom stereocenters. The van der Waals surface area contributed by atoms with Crippen molar-refractivity contribution in [3.05, 3.63) is 95.3 Å². The first-order valence-electron chi connectivity index (χ1n) is 9.44. The predicted molar refractivity (Wildman–Crippen MR) is 113 cm³/mol. The van der Waals surface area contributed by atoms with Crippen LogP contribution in [0.2, 0.25) is 5.02 Å². The lowest BCUT2D eigenvalue weighted by molar-refractivity contribution is -0.126. The maximum atomic E-state index is 13.1. The number of carbonyl (C=O) groups is 2. The molecule has 2 amide bonds. The Morgan fingerprint density at radius 2 is 1.76 bits per heavy atom. The third kappa shape index (κ3) is 4.15. The third-order valence-corrected chi connectivity index (χ3v) is 5.36. The van der Waals surface area contributed by atoms with Gasteiger partial charge in [0.2, 0.25) is 11.8 Å². The van der Waals surface area contributed by atoms with Gasteiger partial charge in [-0.15, -0.1) is 0 Å². The van der Waals surface area contributed by atoms with Crippen LogP contribution in [0, 0.1) is 5.92 Å². The highest BCUT2D eigenvalue weighted by Crippen LogP contribution is 2.31. The van der Waals surface area contributed by atoms with Crippen LogP contribution in [0.5, 0.6) is 0 Å². The second-order valence-electron chi connectivity index (χ2n) is 6.96. The Bertz CT molecular complexity index is 971. The standard InChI is InChI=1S/C23H20ClN3O2/c24-18-10-4-5-12-20(18)27-15-17(14-21(27)28)23(29)26-22(16-8-2-1-3-9-16)19-11-6-7-13-25-19/h1-13,17,22H,14-15H2,(H,26,29)/t17-,22+/m0/s1. The summed E-state index contributed by atoms with van der Waals surface area (Å²) in [6.07, 6.45) is 1.86. The number of pyridine rings is 1. The molecular weight excluding hydrogens is 386 g/mol. The first-order valence-corrected chi connectivity index (χ1v) is 9.82. The van der Waals surface area contributed by atoms with Crippen LogP contribution in [-0.4, -0.2) is 23.3 Å². The second-order valence-corrected chi connectivity index (χ2v) is 7.37. The van der Waals surface area contributed by atoms with Crippen molar-refractivity contribution >= 4 is 29.1 Å². The van der Waals surface area contributed by atoms with E-state index in [1.807, 2.05) is 60.7 Å². The molecular formula is C23H20ClN3O2. The Balaban J connectivity index is 1.54. The van der Waals surface area contributed by atoms with E-state index < -0.39 is 5.92 Å². The first kappa shape index (κ1) is 19.2.